The van der Waals surface area contributed by atoms with Crippen LogP contribution in [0.3, 0.4) is 0 Å². The SMILES string of the molecule is CCC(C)C(C)Nc1cccc(Cn2cccn2)c1. The van der Waals surface area contributed by atoms with Crippen LogP contribution < -0.4 is 5.32 Å². The van der Waals surface area contributed by atoms with Gasteiger partial charge in [0.05, 0.1) is 6.54 Å². The van der Waals surface area contributed by atoms with E-state index in [9.17, 15) is 0 Å². The van der Waals surface area contributed by atoms with Crippen LogP contribution in [0, 0.1) is 5.92 Å². The minimum atomic E-state index is 0.491. The number of hydrogen-bond donors (Lipinski definition) is 1. The Labute approximate surface area is 115 Å². The molecule has 0 radical (unpaired) electrons. The number of aromatic nitrogens is 2. The van der Waals surface area contributed by atoms with Crippen LogP contribution in [-0.2, 0) is 6.54 Å². The van der Waals surface area contributed by atoms with Gasteiger partial charge in [-0.25, -0.2) is 0 Å². The molecule has 2 aromatic rings. The van der Waals surface area contributed by atoms with Crippen molar-refractivity contribution in [2.45, 2.75) is 39.8 Å². The monoisotopic (exact) mass is 257 g/mol. The minimum absolute atomic E-state index is 0.491. The van der Waals surface area contributed by atoms with Crippen molar-refractivity contribution in [3.8, 4) is 0 Å². The van der Waals surface area contributed by atoms with Gasteiger partial charge in [0, 0.05) is 24.1 Å². The van der Waals surface area contributed by atoms with Gasteiger partial charge in [-0.05, 0) is 36.6 Å². The largest absolute Gasteiger partial charge is 0.382 e. The van der Waals surface area contributed by atoms with Gasteiger partial charge in [0.1, 0.15) is 0 Å². The predicted octanol–water partition coefficient (Wildman–Crippen LogP) is 3.78. The first-order valence-electron chi connectivity index (χ1n) is 7.02. The summed E-state index contributed by atoms with van der Waals surface area (Å²) in [4.78, 5) is 0. The molecule has 0 saturated carbocycles. The van der Waals surface area contributed by atoms with Crippen LogP contribution in [0.1, 0.15) is 32.8 Å². The normalized spacial score (nSPS) is 14.1. The summed E-state index contributed by atoms with van der Waals surface area (Å²) in [7, 11) is 0. The highest BCUT2D eigenvalue weighted by atomic mass is 15.3. The smallest absolute Gasteiger partial charge is 0.0660 e. The molecule has 102 valence electrons. The Balaban J connectivity index is 2.02. The third kappa shape index (κ3) is 3.85. The molecule has 0 aliphatic rings. The van der Waals surface area contributed by atoms with Crippen LogP contribution in [0.25, 0.3) is 0 Å². The van der Waals surface area contributed by atoms with Crippen molar-refractivity contribution < 1.29 is 0 Å². The second-order valence-corrected chi connectivity index (χ2v) is 5.22. The van der Waals surface area contributed by atoms with E-state index in [1.807, 2.05) is 23.1 Å². The number of anilines is 1. The van der Waals surface area contributed by atoms with Gasteiger partial charge in [-0.15, -0.1) is 0 Å². The quantitative estimate of drug-likeness (QED) is 0.853. The lowest BCUT2D eigenvalue weighted by Gasteiger charge is -2.21. The molecule has 19 heavy (non-hydrogen) atoms. The standard InChI is InChI=1S/C16H23N3/c1-4-13(2)14(3)18-16-8-5-7-15(11-16)12-19-10-6-9-17-19/h5-11,13-14,18H,4,12H2,1-3H3. The predicted molar refractivity (Wildman–Crippen MR) is 80.3 cm³/mol. The summed E-state index contributed by atoms with van der Waals surface area (Å²) in [6.07, 6.45) is 5.00. The molecule has 1 aromatic carbocycles. The van der Waals surface area contributed by atoms with Crippen LogP contribution in [0.2, 0.25) is 0 Å². The van der Waals surface area contributed by atoms with E-state index in [1.54, 1.807) is 0 Å². The lowest BCUT2D eigenvalue weighted by atomic mass is 10.0. The molecule has 0 amide bonds. The Kier molecular flexibility index (Phi) is 4.61. The first-order chi connectivity index (χ1) is 9.19. The molecule has 0 fully saturated rings. The summed E-state index contributed by atoms with van der Waals surface area (Å²) >= 11 is 0. The molecule has 0 saturated heterocycles. The molecular weight excluding hydrogens is 234 g/mol. The van der Waals surface area contributed by atoms with Crippen LogP contribution in [0.5, 0.6) is 0 Å². The summed E-state index contributed by atoms with van der Waals surface area (Å²) in [6.45, 7) is 7.58. The zero-order valence-electron chi connectivity index (χ0n) is 12.0. The fraction of sp³-hybridized carbons (Fsp3) is 0.438. The van der Waals surface area contributed by atoms with Crippen molar-refractivity contribution in [1.82, 2.24) is 9.78 Å². The van der Waals surface area contributed by atoms with Crippen LogP contribution in [-0.4, -0.2) is 15.8 Å². The fourth-order valence-corrected chi connectivity index (χ4v) is 2.10. The van der Waals surface area contributed by atoms with E-state index in [4.69, 9.17) is 0 Å². The highest BCUT2D eigenvalue weighted by molar-refractivity contribution is 5.46. The van der Waals surface area contributed by atoms with E-state index < -0.39 is 0 Å². The molecule has 2 atom stereocenters. The van der Waals surface area contributed by atoms with Gasteiger partial charge in [0.25, 0.3) is 0 Å². The fourth-order valence-electron chi connectivity index (χ4n) is 2.10. The number of hydrogen-bond acceptors (Lipinski definition) is 2. The third-order valence-corrected chi connectivity index (χ3v) is 3.72. The van der Waals surface area contributed by atoms with E-state index in [0.29, 0.717) is 12.0 Å². The van der Waals surface area contributed by atoms with Crippen molar-refractivity contribution >= 4 is 5.69 Å². The zero-order valence-corrected chi connectivity index (χ0v) is 12.0. The van der Waals surface area contributed by atoms with Gasteiger partial charge in [-0.2, -0.15) is 5.10 Å². The van der Waals surface area contributed by atoms with Crippen molar-refractivity contribution in [2.75, 3.05) is 5.32 Å². The Morgan fingerprint density at radius 2 is 2.11 bits per heavy atom. The highest BCUT2D eigenvalue weighted by Crippen LogP contribution is 2.16. The van der Waals surface area contributed by atoms with Gasteiger partial charge in [-0.3, -0.25) is 4.68 Å². The van der Waals surface area contributed by atoms with Crippen LogP contribution in [0.15, 0.2) is 42.7 Å². The zero-order chi connectivity index (χ0) is 13.7. The van der Waals surface area contributed by atoms with Gasteiger partial charge >= 0.3 is 0 Å². The third-order valence-electron chi connectivity index (χ3n) is 3.72. The number of benzene rings is 1. The summed E-state index contributed by atoms with van der Waals surface area (Å²) < 4.78 is 1.94. The Bertz CT molecular complexity index is 490. The Hall–Kier alpha value is -1.77. The van der Waals surface area contributed by atoms with E-state index in [2.05, 4.69) is 55.5 Å². The van der Waals surface area contributed by atoms with Crippen LogP contribution in [0.4, 0.5) is 5.69 Å². The van der Waals surface area contributed by atoms with Crippen LogP contribution >= 0.6 is 0 Å². The molecule has 0 bridgehead atoms. The maximum absolute atomic E-state index is 4.24. The summed E-state index contributed by atoms with van der Waals surface area (Å²) in [5.74, 6) is 0.676. The number of rotatable bonds is 6. The molecule has 3 nitrogen and oxygen atoms in total. The molecule has 0 aliphatic heterocycles. The first kappa shape index (κ1) is 13.7. The lowest BCUT2D eigenvalue weighted by molar-refractivity contribution is 0.494. The second-order valence-electron chi connectivity index (χ2n) is 5.22. The van der Waals surface area contributed by atoms with Gasteiger partial charge < -0.3 is 5.32 Å². The minimum Gasteiger partial charge on any atom is -0.382 e. The average Bonchev–Trinajstić information content (AvgIpc) is 2.91. The molecule has 0 aliphatic carbocycles. The van der Waals surface area contributed by atoms with Crippen molar-refractivity contribution in [3.63, 3.8) is 0 Å². The molecule has 2 rings (SSSR count). The molecular formula is C16H23N3. The van der Waals surface area contributed by atoms with E-state index in [-0.39, 0.29) is 0 Å². The van der Waals surface area contributed by atoms with Gasteiger partial charge in [0.15, 0.2) is 0 Å². The molecule has 0 spiro atoms. The Morgan fingerprint density at radius 1 is 1.26 bits per heavy atom. The molecule has 1 N–H and O–H groups in total. The highest BCUT2D eigenvalue weighted by Gasteiger charge is 2.09. The summed E-state index contributed by atoms with van der Waals surface area (Å²) in [6, 6.07) is 11.0. The maximum Gasteiger partial charge on any atom is 0.0660 e. The molecule has 3 heteroatoms. The van der Waals surface area contributed by atoms with Crippen molar-refractivity contribution in [2.24, 2.45) is 5.92 Å². The van der Waals surface area contributed by atoms with E-state index in [0.717, 1.165) is 6.54 Å². The van der Waals surface area contributed by atoms with Gasteiger partial charge in [-0.1, -0.05) is 32.4 Å². The summed E-state index contributed by atoms with van der Waals surface area (Å²) in [5.41, 5.74) is 2.46. The van der Waals surface area contributed by atoms with Crippen molar-refractivity contribution in [3.05, 3.63) is 48.3 Å². The topological polar surface area (TPSA) is 29.9 Å². The summed E-state index contributed by atoms with van der Waals surface area (Å²) in [5, 5.41) is 7.82. The second kappa shape index (κ2) is 6.41. The number of nitrogens with one attached hydrogen (secondary N) is 1. The molecule has 1 heterocycles. The van der Waals surface area contributed by atoms with E-state index >= 15 is 0 Å². The molecule has 1 aromatic heterocycles. The maximum atomic E-state index is 4.24. The first-order valence-corrected chi connectivity index (χ1v) is 7.02. The van der Waals surface area contributed by atoms with Gasteiger partial charge in [0.2, 0.25) is 0 Å². The van der Waals surface area contributed by atoms with Crippen molar-refractivity contribution in [1.29, 1.82) is 0 Å². The average molecular weight is 257 g/mol. The number of nitrogens with zero attached hydrogens (tertiary/aromatic N) is 2. The Morgan fingerprint density at radius 3 is 2.79 bits per heavy atom. The lowest BCUT2D eigenvalue weighted by Crippen LogP contribution is -2.23. The van der Waals surface area contributed by atoms with E-state index in [1.165, 1.54) is 17.7 Å². The molecule has 2 unspecified atom stereocenters.